The molecule has 0 saturated carbocycles. The van der Waals surface area contributed by atoms with E-state index >= 15 is 0 Å². The van der Waals surface area contributed by atoms with Crippen molar-refractivity contribution in [3.8, 4) is 46.0 Å². The number of para-hydroxylation sites is 6. The number of hydrogen-bond donors (Lipinski definition) is 0. The second-order valence-corrected chi connectivity index (χ2v) is 14.0. The second kappa shape index (κ2) is 19.7. The monoisotopic (exact) mass is 822 g/mol. The van der Waals surface area contributed by atoms with E-state index in [1.807, 2.05) is 206 Å². The summed E-state index contributed by atoms with van der Waals surface area (Å²) in [4.78, 5) is 13.1. The molecule has 0 spiro atoms. The summed E-state index contributed by atoms with van der Waals surface area (Å²) in [5, 5.41) is 0. The quantitative estimate of drug-likeness (QED) is 0.0476. The molecule has 0 radical (unpaired) electrons. The maximum atomic E-state index is 13.1. The normalized spacial score (nSPS) is 11.1. The van der Waals surface area contributed by atoms with Gasteiger partial charge >= 0.3 is 18.1 Å². The number of ether oxygens (including phenoxy) is 8. The van der Waals surface area contributed by atoms with Gasteiger partial charge in [-0.15, -0.1) is 0 Å². The van der Waals surface area contributed by atoms with Crippen LogP contribution in [0.15, 0.2) is 231 Å². The minimum Gasteiger partial charge on any atom is -0.420 e. The minimum atomic E-state index is -1.62. The largest absolute Gasteiger partial charge is 0.519 e. The highest BCUT2D eigenvalue weighted by molar-refractivity contribution is 5.67. The van der Waals surface area contributed by atoms with Gasteiger partial charge in [-0.3, -0.25) is 0 Å². The Morgan fingerprint density at radius 2 is 0.484 bits per heavy atom. The van der Waals surface area contributed by atoms with E-state index in [1.54, 1.807) is 24.3 Å². The number of carbonyl (C=O) groups excluding carboxylic acids is 1. The summed E-state index contributed by atoms with van der Waals surface area (Å²) in [6.45, 7) is 0. The first-order chi connectivity index (χ1) is 30.5. The number of carbonyl (C=O) groups is 1. The minimum absolute atomic E-state index is 0.160. The molecule has 9 heteroatoms. The maximum Gasteiger partial charge on any atom is 0.519 e. The first kappa shape index (κ1) is 40.6. The van der Waals surface area contributed by atoms with Crippen molar-refractivity contribution in [3.05, 3.63) is 242 Å². The van der Waals surface area contributed by atoms with Crippen LogP contribution in [0.5, 0.6) is 46.0 Å². The molecular weight excluding hydrogens is 781 g/mol. The van der Waals surface area contributed by atoms with E-state index in [0.29, 0.717) is 34.5 Å². The van der Waals surface area contributed by atoms with Gasteiger partial charge in [-0.05, 0) is 108 Å². The molecule has 0 unspecified atom stereocenters. The lowest BCUT2D eigenvalue weighted by atomic mass is 10.1. The molecular formula is C53H42O9. The molecule has 0 N–H and O–H groups in total. The molecule has 0 bridgehead atoms. The van der Waals surface area contributed by atoms with E-state index in [2.05, 4.69) is 0 Å². The summed E-state index contributed by atoms with van der Waals surface area (Å²) in [5.74, 6) is 0.623. The van der Waals surface area contributed by atoms with Crippen LogP contribution in [0, 0.1) is 0 Å². The third-order valence-electron chi connectivity index (χ3n) is 9.19. The molecule has 0 atom stereocenters. The average molecular weight is 823 g/mol. The predicted molar refractivity (Wildman–Crippen MR) is 235 cm³/mol. The van der Waals surface area contributed by atoms with E-state index in [0.717, 1.165) is 11.1 Å². The molecule has 308 valence electrons. The van der Waals surface area contributed by atoms with Crippen LogP contribution in [0.4, 0.5) is 4.79 Å². The Balaban J connectivity index is 0.967. The van der Waals surface area contributed by atoms with Crippen LogP contribution in [0.3, 0.4) is 0 Å². The average Bonchev–Trinajstić information content (AvgIpc) is 3.30. The van der Waals surface area contributed by atoms with Gasteiger partial charge in [0.15, 0.2) is 0 Å². The van der Waals surface area contributed by atoms with Crippen molar-refractivity contribution >= 4 is 6.16 Å². The fraction of sp³-hybridized carbons (Fsp3) is 0.0755. The summed E-state index contributed by atoms with van der Waals surface area (Å²) < 4.78 is 50.3. The molecule has 0 fully saturated rings. The lowest BCUT2D eigenvalue weighted by Gasteiger charge is -2.34. The molecule has 9 nitrogen and oxygen atoms in total. The number of hydrogen-bond acceptors (Lipinski definition) is 9. The molecule has 8 aromatic carbocycles. The van der Waals surface area contributed by atoms with E-state index in [1.165, 1.54) is 0 Å². The van der Waals surface area contributed by atoms with Crippen molar-refractivity contribution in [1.82, 2.24) is 0 Å². The highest BCUT2D eigenvalue weighted by Crippen LogP contribution is 2.32. The molecule has 8 aromatic rings. The van der Waals surface area contributed by atoms with Crippen molar-refractivity contribution in [2.75, 3.05) is 0 Å². The molecule has 0 aromatic heterocycles. The zero-order valence-corrected chi connectivity index (χ0v) is 33.5. The van der Waals surface area contributed by atoms with Gasteiger partial charge in [-0.1, -0.05) is 133 Å². The third-order valence-corrected chi connectivity index (χ3v) is 9.19. The van der Waals surface area contributed by atoms with E-state index in [-0.39, 0.29) is 24.3 Å². The van der Waals surface area contributed by atoms with Crippen molar-refractivity contribution < 1.29 is 42.7 Å². The Kier molecular flexibility index (Phi) is 12.9. The summed E-state index contributed by atoms with van der Waals surface area (Å²) in [6.07, 6.45) is -0.589. The van der Waals surface area contributed by atoms with Gasteiger partial charge in [0.05, 0.1) is 12.8 Å². The summed E-state index contributed by atoms with van der Waals surface area (Å²) in [5.41, 5.74) is 1.56. The van der Waals surface area contributed by atoms with Gasteiger partial charge in [0.2, 0.25) is 0 Å². The summed E-state index contributed by atoms with van der Waals surface area (Å²) in [7, 11) is 0. The van der Waals surface area contributed by atoms with E-state index < -0.39 is 18.1 Å². The Hall–Kier alpha value is -8.17. The molecule has 0 heterocycles. The third kappa shape index (κ3) is 11.5. The lowest BCUT2D eigenvalue weighted by Crippen LogP contribution is -2.50. The van der Waals surface area contributed by atoms with Gasteiger partial charge in [0, 0.05) is 0 Å². The number of benzene rings is 8. The standard InChI is InChI=1S/C53H42O9/c54-51(55-43-35-31-41(32-36-43)39-52(57-45-19-7-1-8-20-45,58-46-21-9-2-10-22-46)59-47-23-11-3-12-24-47)56-44-37-33-42(34-38-44)40-53(60-48-25-13-4-14-26-48,61-49-27-15-5-16-28-49)62-50-29-17-6-18-30-50/h1-38H,39-40H2. The number of rotatable bonds is 18. The molecule has 0 aliphatic carbocycles. The Labute approximate surface area is 360 Å². The van der Waals surface area contributed by atoms with Crippen LogP contribution in [0.2, 0.25) is 0 Å². The maximum absolute atomic E-state index is 13.1. The van der Waals surface area contributed by atoms with Crippen LogP contribution in [-0.2, 0) is 12.8 Å². The van der Waals surface area contributed by atoms with Crippen LogP contribution >= 0.6 is 0 Å². The highest BCUT2D eigenvalue weighted by Gasteiger charge is 2.41. The zero-order valence-electron chi connectivity index (χ0n) is 33.5. The van der Waals surface area contributed by atoms with Gasteiger partial charge in [-0.25, -0.2) is 4.79 Å². The van der Waals surface area contributed by atoms with Crippen molar-refractivity contribution in [2.45, 2.75) is 24.8 Å². The van der Waals surface area contributed by atoms with Gasteiger partial charge in [0.1, 0.15) is 46.0 Å². The van der Waals surface area contributed by atoms with Crippen molar-refractivity contribution in [3.63, 3.8) is 0 Å². The molecule has 0 saturated heterocycles. The molecule has 0 amide bonds. The summed E-state index contributed by atoms with van der Waals surface area (Å²) in [6, 6.07) is 69.9. The first-order valence-corrected chi connectivity index (χ1v) is 20.0. The van der Waals surface area contributed by atoms with Gasteiger partial charge in [-0.2, -0.15) is 0 Å². The lowest BCUT2D eigenvalue weighted by molar-refractivity contribution is -0.252. The summed E-state index contributed by atoms with van der Waals surface area (Å²) >= 11 is 0. The predicted octanol–water partition coefficient (Wildman–Crippen LogP) is 12.1. The van der Waals surface area contributed by atoms with Gasteiger partial charge in [0.25, 0.3) is 0 Å². The van der Waals surface area contributed by atoms with E-state index in [9.17, 15) is 4.79 Å². The van der Waals surface area contributed by atoms with E-state index in [4.69, 9.17) is 37.9 Å². The van der Waals surface area contributed by atoms with Crippen LogP contribution in [0.1, 0.15) is 11.1 Å². The fourth-order valence-corrected chi connectivity index (χ4v) is 6.41. The molecule has 62 heavy (non-hydrogen) atoms. The Bertz CT molecular complexity index is 2170. The van der Waals surface area contributed by atoms with Gasteiger partial charge < -0.3 is 37.9 Å². The zero-order chi connectivity index (χ0) is 42.3. The Morgan fingerprint density at radius 1 is 0.274 bits per heavy atom. The SMILES string of the molecule is O=C(Oc1ccc(CC(Oc2ccccc2)(Oc2ccccc2)Oc2ccccc2)cc1)Oc1ccc(CC(Oc2ccccc2)(Oc2ccccc2)Oc2ccccc2)cc1. The van der Waals surface area contributed by atoms with Crippen LogP contribution in [-0.4, -0.2) is 18.1 Å². The smallest absolute Gasteiger partial charge is 0.420 e. The first-order valence-electron chi connectivity index (χ1n) is 20.0. The Morgan fingerprint density at radius 3 is 0.694 bits per heavy atom. The second-order valence-electron chi connectivity index (χ2n) is 14.0. The van der Waals surface area contributed by atoms with Crippen LogP contribution in [0.25, 0.3) is 0 Å². The van der Waals surface area contributed by atoms with Crippen LogP contribution < -0.4 is 37.9 Å². The topological polar surface area (TPSA) is 90.9 Å². The van der Waals surface area contributed by atoms with Crippen molar-refractivity contribution in [2.24, 2.45) is 0 Å². The highest BCUT2D eigenvalue weighted by atomic mass is 16.9. The van der Waals surface area contributed by atoms with Crippen molar-refractivity contribution in [1.29, 1.82) is 0 Å². The molecule has 0 aliphatic rings. The molecule has 8 rings (SSSR count). The molecule has 0 aliphatic heterocycles. The fourth-order valence-electron chi connectivity index (χ4n) is 6.41.